The fraction of sp³-hybridized carbons (Fsp3) is 0.471. The van der Waals surface area contributed by atoms with Crippen molar-refractivity contribution in [2.45, 2.75) is 32.7 Å². The van der Waals surface area contributed by atoms with Crippen LogP contribution in [-0.4, -0.2) is 11.9 Å². The van der Waals surface area contributed by atoms with Crippen LogP contribution in [0.5, 0.6) is 0 Å². The van der Waals surface area contributed by atoms with Crippen LogP contribution in [0.25, 0.3) is 0 Å². The average molecular weight is 270 g/mol. The number of amides is 1. The van der Waals surface area contributed by atoms with E-state index >= 15 is 0 Å². The van der Waals surface area contributed by atoms with E-state index in [0.29, 0.717) is 6.04 Å². The van der Waals surface area contributed by atoms with Gasteiger partial charge < -0.3 is 10.6 Å². The summed E-state index contributed by atoms with van der Waals surface area (Å²) >= 11 is 0. The number of carbonyl (C=O) groups excluding carboxylic acids is 1. The molecule has 3 atom stereocenters. The molecule has 3 heteroatoms. The maximum absolute atomic E-state index is 11.6. The van der Waals surface area contributed by atoms with Crippen molar-refractivity contribution in [1.82, 2.24) is 0 Å². The molecule has 0 heterocycles. The Hall–Kier alpha value is -1.77. The minimum atomic E-state index is 0.00821. The summed E-state index contributed by atoms with van der Waals surface area (Å²) in [6.45, 7) is 3.79. The van der Waals surface area contributed by atoms with Crippen molar-refractivity contribution in [3.05, 3.63) is 36.4 Å². The van der Waals surface area contributed by atoms with Crippen LogP contribution in [0.1, 0.15) is 26.7 Å². The van der Waals surface area contributed by atoms with E-state index in [1.54, 1.807) is 0 Å². The van der Waals surface area contributed by atoms with Crippen molar-refractivity contribution in [3.8, 4) is 0 Å². The highest BCUT2D eigenvalue weighted by atomic mass is 16.1. The normalized spacial score (nSPS) is 27.1. The number of allylic oxidation sites excluding steroid dienone is 1. The first-order valence-electron chi connectivity index (χ1n) is 7.47. The maximum Gasteiger partial charge on any atom is 0.226 e. The lowest BCUT2D eigenvalue weighted by Crippen LogP contribution is -2.43. The summed E-state index contributed by atoms with van der Waals surface area (Å²) in [5, 5.41) is 6.50. The van der Waals surface area contributed by atoms with E-state index in [0.717, 1.165) is 23.2 Å². The van der Waals surface area contributed by atoms with Gasteiger partial charge in [-0.15, -0.1) is 0 Å². The minimum Gasteiger partial charge on any atom is -0.382 e. The van der Waals surface area contributed by atoms with E-state index in [9.17, 15) is 4.79 Å². The molecule has 0 bridgehead atoms. The lowest BCUT2D eigenvalue weighted by Gasteiger charge is -2.41. The lowest BCUT2D eigenvalue weighted by molar-refractivity contribution is -0.118. The second kappa shape index (κ2) is 5.31. The van der Waals surface area contributed by atoms with Crippen molar-refractivity contribution >= 4 is 17.3 Å². The quantitative estimate of drug-likeness (QED) is 0.820. The summed E-state index contributed by atoms with van der Waals surface area (Å²) in [6.07, 6.45) is 7.18. The SMILES string of the molecule is CC(C)C(=O)Nc1ccc(NC2CC3CC=CC32)cc1. The average Bonchev–Trinajstić information content (AvgIpc) is 2.79. The molecule has 2 N–H and O–H groups in total. The zero-order chi connectivity index (χ0) is 14.1. The highest BCUT2D eigenvalue weighted by Gasteiger charge is 2.40. The first-order chi connectivity index (χ1) is 9.63. The van der Waals surface area contributed by atoms with E-state index in [-0.39, 0.29) is 11.8 Å². The van der Waals surface area contributed by atoms with Gasteiger partial charge in [0.15, 0.2) is 0 Å². The van der Waals surface area contributed by atoms with Crippen molar-refractivity contribution in [1.29, 1.82) is 0 Å². The minimum absolute atomic E-state index is 0.00821. The first kappa shape index (κ1) is 13.2. The maximum atomic E-state index is 11.6. The number of hydrogen-bond donors (Lipinski definition) is 2. The van der Waals surface area contributed by atoms with Crippen LogP contribution in [0.2, 0.25) is 0 Å². The summed E-state index contributed by atoms with van der Waals surface area (Å²) in [4.78, 5) is 11.6. The molecule has 0 radical (unpaired) electrons. The van der Waals surface area contributed by atoms with E-state index in [2.05, 4.69) is 22.8 Å². The van der Waals surface area contributed by atoms with Crippen molar-refractivity contribution < 1.29 is 4.79 Å². The smallest absolute Gasteiger partial charge is 0.226 e. The highest BCUT2D eigenvalue weighted by Crippen LogP contribution is 2.44. The van der Waals surface area contributed by atoms with Crippen LogP contribution in [0, 0.1) is 17.8 Å². The Kier molecular flexibility index (Phi) is 3.51. The van der Waals surface area contributed by atoms with Crippen LogP contribution in [0.3, 0.4) is 0 Å². The van der Waals surface area contributed by atoms with Gasteiger partial charge in [-0.05, 0) is 43.0 Å². The highest BCUT2D eigenvalue weighted by molar-refractivity contribution is 5.92. The van der Waals surface area contributed by atoms with E-state index < -0.39 is 0 Å². The van der Waals surface area contributed by atoms with Gasteiger partial charge >= 0.3 is 0 Å². The molecule has 1 amide bonds. The third kappa shape index (κ3) is 2.58. The van der Waals surface area contributed by atoms with Gasteiger partial charge in [0.2, 0.25) is 5.91 Å². The predicted molar refractivity (Wildman–Crippen MR) is 82.7 cm³/mol. The fourth-order valence-electron chi connectivity index (χ4n) is 3.03. The molecule has 0 saturated heterocycles. The summed E-state index contributed by atoms with van der Waals surface area (Å²) < 4.78 is 0. The lowest BCUT2D eigenvalue weighted by atomic mass is 9.71. The Morgan fingerprint density at radius 1 is 1.20 bits per heavy atom. The fourth-order valence-corrected chi connectivity index (χ4v) is 3.03. The monoisotopic (exact) mass is 270 g/mol. The Morgan fingerprint density at radius 2 is 1.90 bits per heavy atom. The topological polar surface area (TPSA) is 41.1 Å². The number of fused-ring (bicyclic) bond motifs is 1. The van der Waals surface area contributed by atoms with Gasteiger partial charge in [0.1, 0.15) is 0 Å². The third-order valence-corrected chi connectivity index (χ3v) is 4.39. The summed E-state index contributed by atoms with van der Waals surface area (Å²) in [7, 11) is 0. The van der Waals surface area contributed by atoms with Gasteiger partial charge in [-0.25, -0.2) is 0 Å². The van der Waals surface area contributed by atoms with Crippen LogP contribution < -0.4 is 10.6 Å². The molecule has 3 unspecified atom stereocenters. The largest absolute Gasteiger partial charge is 0.382 e. The number of hydrogen-bond acceptors (Lipinski definition) is 2. The van der Waals surface area contributed by atoms with Gasteiger partial charge in [0.05, 0.1) is 0 Å². The Balaban J connectivity index is 1.56. The van der Waals surface area contributed by atoms with E-state index in [1.807, 2.05) is 38.1 Å². The van der Waals surface area contributed by atoms with E-state index in [1.165, 1.54) is 12.8 Å². The Morgan fingerprint density at radius 3 is 2.55 bits per heavy atom. The van der Waals surface area contributed by atoms with Crippen LogP contribution >= 0.6 is 0 Å². The molecule has 1 fully saturated rings. The van der Waals surface area contributed by atoms with Crippen molar-refractivity contribution in [2.75, 3.05) is 10.6 Å². The molecular weight excluding hydrogens is 248 g/mol. The van der Waals surface area contributed by atoms with Crippen LogP contribution in [0.15, 0.2) is 36.4 Å². The van der Waals surface area contributed by atoms with Gasteiger partial charge in [-0.2, -0.15) is 0 Å². The van der Waals surface area contributed by atoms with Crippen molar-refractivity contribution in [2.24, 2.45) is 17.8 Å². The number of anilines is 2. The zero-order valence-electron chi connectivity index (χ0n) is 12.1. The molecule has 0 spiro atoms. The molecule has 106 valence electrons. The Labute approximate surface area is 120 Å². The molecule has 0 aliphatic heterocycles. The number of carbonyl (C=O) groups is 1. The van der Waals surface area contributed by atoms with Gasteiger partial charge in [0, 0.05) is 29.3 Å². The molecule has 0 aromatic heterocycles. The summed E-state index contributed by atoms with van der Waals surface area (Å²) in [5.74, 6) is 1.66. The predicted octanol–water partition coefficient (Wildman–Crippen LogP) is 3.66. The summed E-state index contributed by atoms with van der Waals surface area (Å²) in [5.41, 5.74) is 2.00. The number of rotatable bonds is 4. The van der Waals surface area contributed by atoms with Crippen molar-refractivity contribution in [3.63, 3.8) is 0 Å². The van der Waals surface area contributed by atoms with Gasteiger partial charge in [0.25, 0.3) is 0 Å². The third-order valence-electron chi connectivity index (χ3n) is 4.39. The molecule has 1 saturated carbocycles. The molecular formula is C17H22N2O. The molecule has 1 aromatic carbocycles. The zero-order valence-corrected chi connectivity index (χ0v) is 12.1. The molecule has 20 heavy (non-hydrogen) atoms. The van der Waals surface area contributed by atoms with Crippen LogP contribution in [-0.2, 0) is 4.79 Å². The van der Waals surface area contributed by atoms with E-state index in [4.69, 9.17) is 0 Å². The molecule has 1 aromatic rings. The molecule has 3 rings (SSSR count). The molecule has 3 nitrogen and oxygen atoms in total. The first-order valence-corrected chi connectivity index (χ1v) is 7.47. The number of benzene rings is 1. The van der Waals surface area contributed by atoms with Gasteiger partial charge in [-0.3, -0.25) is 4.79 Å². The summed E-state index contributed by atoms with van der Waals surface area (Å²) in [6, 6.07) is 8.59. The standard InChI is InChI=1S/C17H22N2O/c1-11(2)17(20)19-14-8-6-13(7-9-14)18-16-10-12-4-3-5-15(12)16/h3,5-9,11-12,15-16,18H,4,10H2,1-2H3,(H,19,20). The second-order valence-electron chi connectivity index (χ2n) is 6.21. The van der Waals surface area contributed by atoms with Gasteiger partial charge in [-0.1, -0.05) is 26.0 Å². The second-order valence-corrected chi connectivity index (χ2v) is 6.21. The van der Waals surface area contributed by atoms with Crippen LogP contribution in [0.4, 0.5) is 11.4 Å². The molecule has 2 aliphatic rings. The molecule has 2 aliphatic carbocycles. The number of nitrogens with one attached hydrogen (secondary N) is 2. The Bertz CT molecular complexity index is 518.